The minimum Gasteiger partial charge on any atom is -0.497 e. The molecule has 3 aromatic rings. The second-order valence-electron chi connectivity index (χ2n) is 9.44. The topological polar surface area (TPSA) is 99.1 Å². The fourth-order valence-corrected chi connectivity index (χ4v) is 4.90. The number of hydrogen-bond donors (Lipinski definition) is 1. The van der Waals surface area contributed by atoms with Crippen molar-refractivity contribution in [2.75, 3.05) is 7.11 Å². The molecule has 0 aliphatic heterocycles. The quantitative estimate of drug-likeness (QED) is 0.364. The summed E-state index contributed by atoms with van der Waals surface area (Å²) in [5, 5.41) is 11.3. The van der Waals surface area contributed by atoms with Gasteiger partial charge in [0.1, 0.15) is 24.9 Å². The molecular weight excluding hydrogens is 472 g/mol. The molecule has 7 nitrogen and oxygen atoms in total. The van der Waals surface area contributed by atoms with Crippen LogP contribution in [0.15, 0.2) is 84.9 Å². The molecular formula is C30H30O7. The predicted molar refractivity (Wildman–Crippen MR) is 135 cm³/mol. The smallest absolute Gasteiger partial charge is 0.317 e. The predicted octanol–water partition coefficient (Wildman–Crippen LogP) is 4.22. The van der Waals surface area contributed by atoms with Gasteiger partial charge in [0.2, 0.25) is 0 Å². The number of benzene rings is 3. The molecule has 1 N–H and O–H groups in total. The van der Waals surface area contributed by atoms with Crippen LogP contribution < -0.4 is 4.74 Å². The molecule has 192 valence electrons. The number of methoxy groups -OCH3 is 1. The second-order valence-corrected chi connectivity index (χ2v) is 9.44. The van der Waals surface area contributed by atoms with Gasteiger partial charge in [0, 0.05) is 12.3 Å². The first-order valence-corrected chi connectivity index (χ1v) is 12.1. The van der Waals surface area contributed by atoms with Crippen molar-refractivity contribution in [3.05, 3.63) is 102 Å². The number of rotatable bonds is 8. The van der Waals surface area contributed by atoms with E-state index in [-0.39, 0.29) is 19.6 Å². The van der Waals surface area contributed by atoms with Gasteiger partial charge in [-0.25, -0.2) is 0 Å². The number of ether oxygens (including phenoxy) is 3. The first-order valence-electron chi connectivity index (χ1n) is 12.1. The summed E-state index contributed by atoms with van der Waals surface area (Å²) >= 11 is 0. The standard InChI is InChI=1S/C30H30O7/c1-30(34)17-24(31)26(28(32)36-18-20-10-5-3-6-11-20)25(22-14-9-15-23(16-22)35-2)27(30)29(33)37-19-21-12-7-4-8-13-21/h3-16,25-27,34H,17-19H2,1-2H3. The van der Waals surface area contributed by atoms with Crippen LogP contribution in [-0.4, -0.2) is 35.5 Å². The third-order valence-electron chi connectivity index (χ3n) is 6.70. The van der Waals surface area contributed by atoms with Gasteiger partial charge in [0.05, 0.1) is 18.6 Å². The fourth-order valence-electron chi connectivity index (χ4n) is 4.90. The Balaban J connectivity index is 1.68. The van der Waals surface area contributed by atoms with E-state index in [1.807, 2.05) is 60.7 Å². The minimum atomic E-state index is -1.74. The summed E-state index contributed by atoms with van der Waals surface area (Å²) < 4.78 is 16.5. The van der Waals surface area contributed by atoms with E-state index in [1.54, 1.807) is 24.3 Å². The van der Waals surface area contributed by atoms with E-state index >= 15 is 0 Å². The first kappa shape index (κ1) is 26.1. The van der Waals surface area contributed by atoms with E-state index in [0.717, 1.165) is 11.1 Å². The number of Topliss-reactive ketones (excluding diaryl/α,β-unsaturated/α-hetero) is 1. The van der Waals surface area contributed by atoms with E-state index in [1.165, 1.54) is 14.0 Å². The van der Waals surface area contributed by atoms with Gasteiger partial charge in [-0.05, 0) is 35.7 Å². The van der Waals surface area contributed by atoms with Gasteiger partial charge in [-0.2, -0.15) is 0 Å². The Morgan fingerprint density at radius 2 is 1.43 bits per heavy atom. The number of ketones is 1. The van der Waals surface area contributed by atoms with Crippen LogP contribution >= 0.6 is 0 Å². The van der Waals surface area contributed by atoms with Crippen LogP contribution in [0, 0.1) is 11.8 Å². The van der Waals surface area contributed by atoms with Crippen molar-refractivity contribution in [1.29, 1.82) is 0 Å². The molecule has 1 fully saturated rings. The second kappa shape index (κ2) is 11.4. The molecule has 1 aliphatic rings. The summed E-state index contributed by atoms with van der Waals surface area (Å²) in [5.74, 6) is -4.97. The normalized spacial score (nSPS) is 23.2. The lowest BCUT2D eigenvalue weighted by Gasteiger charge is -2.43. The monoisotopic (exact) mass is 502 g/mol. The Labute approximate surface area is 216 Å². The zero-order chi connectivity index (χ0) is 26.4. The Kier molecular flexibility index (Phi) is 8.04. The molecule has 37 heavy (non-hydrogen) atoms. The molecule has 1 aliphatic carbocycles. The third-order valence-corrected chi connectivity index (χ3v) is 6.70. The van der Waals surface area contributed by atoms with Crippen LogP contribution in [0.25, 0.3) is 0 Å². The molecule has 0 bridgehead atoms. The molecule has 3 aromatic carbocycles. The SMILES string of the molecule is COc1cccc(C2C(C(=O)OCc3ccccc3)C(=O)CC(C)(O)C2C(=O)OCc2ccccc2)c1. The Morgan fingerprint density at radius 3 is 2.00 bits per heavy atom. The highest BCUT2D eigenvalue weighted by Crippen LogP contribution is 2.47. The molecule has 0 aromatic heterocycles. The highest BCUT2D eigenvalue weighted by Gasteiger charge is 2.57. The lowest BCUT2D eigenvalue weighted by Crippen LogP contribution is -2.55. The van der Waals surface area contributed by atoms with Crippen LogP contribution in [0.5, 0.6) is 5.75 Å². The average Bonchev–Trinajstić information content (AvgIpc) is 2.90. The molecule has 0 radical (unpaired) electrons. The molecule has 0 heterocycles. The molecule has 4 unspecified atom stereocenters. The highest BCUT2D eigenvalue weighted by molar-refractivity contribution is 6.02. The largest absolute Gasteiger partial charge is 0.497 e. The van der Waals surface area contributed by atoms with Crippen LogP contribution in [0.2, 0.25) is 0 Å². The summed E-state index contributed by atoms with van der Waals surface area (Å²) in [6.07, 6.45) is -0.385. The lowest BCUT2D eigenvalue weighted by atomic mass is 9.61. The van der Waals surface area contributed by atoms with Crippen molar-refractivity contribution in [2.45, 2.75) is 38.1 Å². The van der Waals surface area contributed by atoms with Gasteiger partial charge in [-0.3, -0.25) is 14.4 Å². The molecule has 0 saturated heterocycles. The summed E-state index contributed by atoms with van der Waals surface area (Å²) in [7, 11) is 1.50. The zero-order valence-electron chi connectivity index (χ0n) is 20.8. The van der Waals surface area contributed by atoms with E-state index in [0.29, 0.717) is 11.3 Å². The molecule has 4 rings (SSSR count). The van der Waals surface area contributed by atoms with Crippen LogP contribution in [-0.2, 0) is 37.1 Å². The minimum absolute atomic E-state index is 0.00580. The zero-order valence-corrected chi connectivity index (χ0v) is 20.8. The Bertz CT molecular complexity index is 1240. The van der Waals surface area contributed by atoms with Gasteiger partial charge in [0.15, 0.2) is 5.78 Å². The summed E-state index contributed by atoms with van der Waals surface area (Å²) in [6, 6.07) is 25.1. The van der Waals surface area contributed by atoms with Crippen molar-refractivity contribution >= 4 is 17.7 Å². The van der Waals surface area contributed by atoms with Gasteiger partial charge in [0.25, 0.3) is 0 Å². The molecule has 0 spiro atoms. The Hall–Kier alpha value is -3.97. The molecule has 0 amide bonds. The van der Waals surface area contributed by atoms with E-state index in [9.17, 15) is 19.5 Å². The average molecular weight is 503 g/mol. The fraction of sp³-hybridized carbons (Fsp3) is 0.300. The van der Waals surface area contributed by atoms with Crippen molar-refractivity contribution in [3.8, 4) is 5.75 Å². The van der Waals surface area contributed by atoms with Crippen molar-refractivity contribution in [1.82, 2.24) is 0 Å². The number of esters is 2. The van der Waals surface area contributed by atoms with Gasteiger partial charge < -0.3 is 19.3 Å². The summed E-state index contributed by atoms with van der Waals surface area (Å²) in [4.78, 5) is 40.2. The van der Waals surface area contributed by atoms with Crippen LogP contribution in [0.4, 0.5) is 0 Å². The molecule has 4 atom stereocenters. The molecule has 1 saturated carbocycles. The maximum absolute atomic E-state index is 13.5. The van der Waals surface area contributed by atoms with Crippen molar-refractivity contribution in [3.63, 3.8) is 0 Å². The van der Waals surface area contributed by atoms with Gasteiger partial charge in [-0.1, -0.05) is 72.8 Å². The first-order chi connectivity index (χ1) is 17.8. The summed E-state index contributed by atoms with van der Waals surface area (Å²) in [5.41, 5.74) is 0.299. The van der Waals surface area contributed by atoms with Crippen LogP contribution in [0.1, 0.15) is 36.0 Å². The number of hydrogen-bond acceptors (Lipinski definition) is 7. The number of carbonyl (C=O) groups excluding carboxylic acids is 3. The van der Waals surface area contributed by atoms with E-state index in [4.69, 9.17) is 14.2 Å². The highest BCUT2D eigenvalue weighted by atomic mass is 16.5. The van der Waals surface area contributed by atoms with Crippen LogP contribution in [0.3, 0.4) is 0 Å². The maximum Gasteiger partial charge on any atom is 0.317 e. The number of aliphatic hydroxyl groups is 1. The lowest BCUT2D eigenvalue weighted by molar-refractivity contribution is -0.174. The molecule has 7 heteroatoms. The van der Waals surface area contributed by atoms with E-state index in [2.05, 4.69) is 0 Å². The van der Waals surface area contributed by atoms with E-state index < -0.39 is 41.1 Å². The maximum atomic E-state index is 13.5. The van der Waals surface area contributed by atoms with Gasteiger partial charge >= 0.3 is 11.9 Å². The number of carbonyl (C=O) groups is 3. The van der Waals surface area contributed by atoms with Crippen molar-refractivity contribution in [2.24, 2.45) is 11.8 Å². The van der Waals surface area contributed by atoms with Gasteiger partial charge in [-0.15, -0.1) is 0 Å². The summed E-state index contributed by atoms with van der Waals surface area (Å²) in [6.45, 7) is 1.40. The third kappa shape index (κ3) is 6.06. The Morgan fingerprint density at radius 1 is 0.865 bits per heavy atom. The van der Waals surface area contributed by atoms with Crippen molar-refractivity contribution < 1.29 is 33.7 Å².